The fourth-order valence-electron chi connectivity index (χ4n) is 2.36. The zero-order chi connectivity index (χ0) is 15.4. The van der Waals surface area contributed by atoms with Crippen molar-refractivity contribution in [1.82, 2.24) is 14.3 Å². The topological polar surface area (TPSA) is 58.6 Å². The molecular formula is C15H18N4O2S. The van der Waals surface area contributed by atoms with Crippen molar-refractivity contribution in [2.24, 2.45) is 0 Å². The molecule has 2 aromatic rings. The van der Waals surface area contributed by atoms with Crippen LogP contribution in [-0.2, 0) is 0 Å². The van der Waals surface area contributed by atoms with Crippen LogP contribution < -0.4 is 9.64 Å². The van der Waals surface area contributed by atoms with Crippen molar-refractivity contribution < 1.29 is 9.53 Å². The molecule has 0 bridgehead atoms. The molecule has 6 nitrogen and oxygen atoms in total. The summed E-state index contributed by atoms with van der Waals surface area (Å²) >= 11 is 1.41. The number of rotatable bonds is 2. The van der Waals surface area contributed by atoms with E-state index in [1.165, 1.54) is 11.5 Å². The average molecular weight is 318 g/mol. The SMILES string of the molecule is Cc1nsc(N2CCCN(C(=O)Oc3ccccc3)CC2)n1. The minimum Gasteiger partial charge on any atom is -0.410 e. The number of aryl methyl sites for hydroxylation is 1. The van der Waals surface area contributed by atoms with Crippen molar-refractivity contribution in [3.8, 4) is 5.75 Å². The quantitative estimate of drug-likeness (QED) is 0.852. The van der Waals surface area contributed by atoms with Crippen LogP contribution in [0.25, 0.3) is 0 Å². The summed E-state index contributed by atoms with van der Waals surface area (Å²) in [6.07, 6.45) is 0.601. The van der Waals surface area contributed by atoms with E-state index in [0.717, 1.165) is 30.5 Å². The highest BCUT2D eigenvalue weighted by Crippen LogP contribution is 2.19. The molecule has 7 heteroatoms. The number of aromatic nitrogens is 2. The summed E-state index contributed by atoms with van der Waals surface area (Å²) in [5.74, 6) is 1.37. The van der Waals surface area contributed by atoms with E-state index in [1.54, 1.807) is 17.0 Å². The van der Waals surface area contributed by atoms with Gasteiger partial charge in [-0.3, -0.25) is 0 Å². The molecule has 0 radical (unpaired) electrons. The zero-order valence-electron chi connectivity index (χ0n) is 12.4. The zero-order valence-corrected chi connectivity index (χ0v) is 13.3. The van der Waals surface area contributed by atoms with Crippen LogP contribution in [0.3, 0.4) is 0 Å². The van der Waals surface area contributed by atoms with Gasteiger partial charge >= 0.3 is 6.09 Å². The second-order valence-corrected chi connectivity index (χ2v) is 5.86. The Hall–Kier alpha value is -2.15. The highest BCUT2D eigenvalue weighted by Gasteiger charge is 2.22. The first-order valence-corrected chi connectivity index (χ1v) is 8.07. The minimum atomic E-state index is -0.290. The monoisotopic (exact) mass is 318 g/mol. The summed E-state index contributed by atoms with van der Waals surface area (Å²) in [5, 5.41) is 0.927. The summed E-state index contributed by atoms with van der Waals surface area (Å²) in [6, 6.07) is 9.17. The lowest BCUT2D eigenvalue weighted by atomic mass is 10.3. The van der Waals surface area contributed by atoms with Gasteiger partial charge in [0.05, 0.1) is 0 Å². The van der Waals surface area contributed by atoms with Crippen molar-refractivity contribution in [2.45, 2.75) is 13.3 Å². The average Bonchev–Trinajstić information content (AvgIpc) is 2.82. The Morgan fingerprint density at radius 2 is 2.00 bits per heavy atom. The van der Waals surface area contributed by atoms with Gasteiger partial charge < -0.3 is 14.5 Å². The van der Waals surface area contributed by atoms with Crippen LogP contribution in [0.15, 0.2) is 30.3 Å². The maximum atomic E-state index is 12.2. The smallest absolute Gasteiger partial charge is 0.410 e. The van der Waals surface area contributed by atoms with Crippen LogP contribution in [0.4, 0.5) is 9.93 Å². The Kier molecular flexibility index (Phi) is 4.53. The van der Waals surface area contributed by atoms with Crippen molar-refractivity contribution in [3.05, 3.63) is 36.2 Å². The van der Waals surface area contributed by atoms with Gasteiger partial charge in [-0.2, -0.15) is 4.37 Å². The molecule has 1 aromatic carbocycles. The first-order valence-electron chi connectivity index (χ1n) is 7.29. The third kappa shape index (κ3) is 3.54. The second-order valence-electron chi connectivity index (χ2n) is 5.13. The van der Waals surface area contributed by atoms with Crippen LogP contribution in [0.2, 0.25) is 0 Å². The molecule has 116 valence electrons. The third-order valence-corrected chi connectivity index (χ3v) is 4.36. The number of para-hydroxylation sites is 1. The normalized spacial score (nSPS) is 15.5. The lowest BCUT2D eigenvalue weighted by Gasteiger charge is -2.20. The molecule has 1 fully saturated rings. The maximum Gasteiger partial charge on any atom is 0.415 e. The molecule has 1 aliphatic heterocycles. The second kappa shape index (κ2) is 6.74. The molecule has 3 rings (SSSR count). The molecule has 0 atom stereocenters. The van der Waals surface area contributed by atoms with Crippen LogP contribution in [0.5, 0.6) is 5.75 Å². The molecule has 0 spiro atoms. The van der Waals surface area contributed by atoms with Gasteiger partial charge in [0.15, 0.2) is 0 Å². The van der Waals surface area contributed by atoms with E-state index in [0.29, 0.717) is 18.8 Å². The molecule has 0 unspecified atom stereocenters. The van der Waals surface area contributed by atoms with Crippen LogP contribution in [0.1, 0.15) is 12.2 Å². The highest BCUT2D eigenvalue weighted by molar-refractivity contribution is 7.09. The largest absolute Gasteiger partial charge is 0.415 e. The van der Waals surface area contributed by atoms with Crippen molar-refractivity contribution >= 4 is 22.8 Å². The predicted octanol–water partition coefficient (Wildman–Crippen LogP) is 2.56. The number of ether oxygens (including phenoxy) is 1. The number of carbonyl (C=O) groups excluding carboxylic acids is 1. The Balaban J connectivity index is 1.59. The van der Waals surface area contributed by atoms with Crippen molar-refractivity contribution in [3.63, 3.8) is 0 Å². The minimum absolute atomic E-state index is 0.290. The summed E-state index contributed by atoms with van der Waals surface area (Å²) in [4.78, 5) is 20.6. The molecule has 0 saturated carbocycles. The lowest BCUT2D eigenvalue weighted by molar-refractivity contribution is 0.155. The molecule has 1 amide bonds. The number of carbonyl (C=O) groups is 1. The van der Waals surface area contributed by atoms with Crippen LogP contribution in [-0.4, -0.2) is 46.5 Å². The van der Waals surface area contributed by atoms with Gasteiger partial charge in [0.25, 0.3) is 0 Å². The van der Waals surface area contributed by atoms with Gasteiger partial charge in [0.2, 0.25) is 5.13 Å². The number of benzene rings is 1. The number of anilines is 1. The molecule has 0 N–H and O–H groups in total. The van der Waals surface area contributed by atoms with E-state index in [1.807, 2.05) is 25.1 Å². The fourth-order valence-corrected chi connectivity index (χ4v) is 3.09. The van der Waals surface area contributed by atoms with E-state index < -0.39 is 0 Å². The van der Waals surface area contributed by atoms with E-state index in [-0.39, 0.29) is 6.09 Å². The van der Waals surface area contributed by atoms with Gasteiger partial charge in [-0.15, -0.1) is 0 Å². The van der Waals surface area contributed by atoms with Crippen molar-refractivity contribution in [2.75, 3.05) is 31.1 Å². The molecule has 1 aromatic heterocycles. The Bertz CT molecular complexity index is 631. The summed E-state index contributed by atoms with van der Waals surface area (Å²) in [7, 11) is 0. The molecule has 2 heterocycles. The molecule has 0 aliphatic carbocycles. The number of amides is 1. The van der Waals surface area contributed by atoms with Crippen LogP contribution >= 0.6 is 11.5 Å². The number of hydrogen-bond acceptors (Lipinski definition) is 6. The molecule has 1 saturated heterocycles. The van der Waals surface area contributed by atoms with Gasteiger partial charge in [0.1, 0.15) is 11.6 Å². The molecule has 22 heavy (non-hydrogen) atoms. The number of hydrogen-bond donors (Lipinski definition) is 0. The summed E-state index contributed by atoms with van der Waals surface area (Å²) in [5.41, 5.74) is 0. The Morgan fingerprint density at radius 1 is 1.18 bits per heavy atom. The van der Waals surface area contributed by atoms with E-state index in [4.69, 9.17) is 4.74 Å². The Labute approximate surface area is 133 Å². The first kappa shape index (κ1) is 14.8. The number of nitrogens with zero attached hydrogens (tertiary/aromatic N) is 4. The predicted molar refractivity (Wildman–Crippen MR) is 85.5 cm³/mol. The van der Waals surface area contributed by atoms with E-state index in [9.17, 15) is 4.79 Å². The van der Waals surface area contributed by atoms with Crippen LogP contribution in [0, 0.1) is 6.92 Å². The van der Waals surface area contributed by atoms with E-state index >= 15 is 0 Å². The first-order chi connectivity index (χ1) is 10.7. The summed E-state index contributed by atoms with van der Waals surface area (Å²) < 4.78 is 9.61. The van der Waals surface area contributed by atoms with Gasteiger partial charge in [-0.05, 0) is 25.5 Å². The standard InChI is InChI=1S/C15H18N4O2S/c1-12-16-14(22-17-12)18-8-5-9-19(11-10-18)15(20)21-13-6-3-2-4-7-13/h2-4,6-7H,5,8-11H2,1H3. The third-order valence-electron chi connectivity index (χ3n) is 3.49. The summed E-state index contributed by atoms with van der Waals surface area (Å²) in [6.45, 7) is 4.84. The molecule has 1 aliphatic rings. The fraction of sp³-hybridized carbons (Fsp3) is 0.400. The highest BCUT2D eigenvalue weighted by atomic mass is 32.1. The molecular weight excluding hydrogens is 300 g/mol. The maximum absolute atomic E-state index is 12.2. The van der Waals surface area contributed by atoms with Gasteiger partial charge in [0, 0.05) is 37.7 Å². The lowest BCUT2D eigenvalue weighted by Crippen LogP contribution is -2.37. The Morgan fingerprint density at radius 3 is 2.73 bits per heavy atom. The van der Waals surface area contributed by atoms with Gasteiger partial charge in [-0.25, -0.2) is 9.78 Å². The van der Waals surface area contributed by atoms with E-state index in [2.05, 4.69) is 14.3 Å². The van der Waals surface area contributed by atoms with Gasteiger partial charge in [-0.1, -0.05) is 18.2 Å². The van der Waals surface area contributed by atoms with Crippen molar-refractivity contribution in [1.29, 1.82) is 0 Å².